The third-order valence-electron chi connectivity index (χ3n) is 2.23. The van der Waals surface area contributed by atoms with Crippen molar-refractivity contribution in [1.82, 2.24) is 0 Å². The van der Waals surface area contributed by atoms with Crippen LogP contribution in [-0.4, -0.2) is 0 Å². The van der Waals surface area contributed by atoms with Crippen molar-refractivity contribution in [1.29, 1.82) is 0 Å². The Kier molecular flexibility index (Phi) is 5.45. The van der Waals surface area contributed by atoms with Crippen molar-refractivity contribution in [3.8, 4) is 0 Å². The van der Waals surface area contributed by atoms with Crippen LogP contribution in [0.5, 0.6) is 0 Å². The lowest BCUT2D eigenvalue weighted by Gasteiger charge is -2.07. The number of hydrogen-bond acceptors (Lipinski definition) is 0. The maximum absolute atomic E-state index is 4.01. The molecule has 0 aliphatic rings. The minimum Gasteiger partial charge on any atom is -0.0956 e. The second-order valence-electron chi connectivity index (χ2n) is 4.01. The van der Waals surface area contributed by atoms with Gasteiger partial charge in [0.1, 0.15) is 0 Å². The Bertz CT molecular complexity index is 214. The van der Waals surface area contributed by atoms with Crippen LogP contribution in [0.3, 0.4) is 0 Å². The summed E-state index contributed by atoms with van der Waals surface area (Å²) in [5.41, 5.74) is 2.57. The van der Waals surface area contributed by atoms with Gasteiger partial charge < -0.3 is 0 Å². The molecule has 0 aliphatic heterocycles. The Morgan fingerprint density at radius 3 is 1.85 bits per heavy atom. The molecule has 0 amide bonds. The molecule has 0 saturated heterocycles. The van der Waals surface area contributed by atoms with Gasteiger partial charge in [0.25, 0.3) is 0 Å². The van der Waals surface area contributed by atoms with Gasteiger partial charge in [-0.05, 0) is 24.3 Å². The molecule has 0 rings (SSSR count). The summed E-state index contributed by atoms with van der Waals surface area (Å²) >= 11 is 0. The molecular weight excluding hydrogens is 156 g/mol. The van der Waals surface area contributed by atoms with E-state index in [1.807, 2.05) is 0 Å². The van der Waals surface area contributed by atoms with Gasteiger partial charge in [0.2, 0.25) is 0 Å². The highest BCUT2D eigenvalue weighted by atomic mass is 14.0. The minimum atomic E-state index is 0.543. The normalized spacial score (nSPS) is 13.3. The van der Waals surface area contributed by atoms with E-state index < -0.39 is 0 Å². The van der Waals surface area contributed by atoms with Crippen LogP contribution in [0.15, 0.2) is 36.0 Å². The van der Waals surface area contributed by atoms with Crippen LogP contribution in [0.4, 0.5) is 0 Å². The molecule has 0 saturated carbocycles. The van der Waals surface area contributed by atoms with Crippen molar-refractivity contribution >= 4 is 0 Å². The lowest BCUT2D eigenvalue weighted by atomic mass is 9.99. The van der Waals surface area contributed by atoms with E-state index in [0.717, 1.165) is 0 Å². The van der Waals surface area contributed by atoms with E-state index in [2.05, 4.69) is 59.4 Å². The fraction of sp³-hybridized carbons (Fsp3) is 0.538. The molecule has 0 aromatic carbocycles. The molecule has 0 radical (unpaired) electrons. The first-order chi connectivity index (χ1) is 5.99. The molecule has 0 aliphatic carbocycles. The average molecular weight is 178 g/mol. The summed E-state index contributed by atoms with van der Waals surface area (Å²) in [6.07, 6.45) is 6.46. The summed E-state index contributed by atoms with van der Waals surface area (Å²) in [5, 5.41) is 0. The molecule has 0 aromatic heterocycles. The van der Waals surface area contributed by atoms with Gasteiger partial charge in [-0.1, -0.05) is 58.1 Å². The third kappa shape index (κ3) is 4.72. The van der Waals surface area contributed by atoms with Crippen LogP contribution in [0, 0.1) is 11.8 Å². The van der Waals surface area contributed by atoms with Crippen molar-refractivity contribution in [2.45, 2.75) is 34.6 Å². The predicted molar refractivity (Wildman–Crippen MR) is 61.7 cm³/mol. The van der Waals surface area contributed by atoms with Gasteiger partial charge >= 0.3 is 0 Å². The second-order valence-corrected chi connectivity index (χ2v) is 4.01. The Morgan fingerprint density at radius 1 is 1.00 bits per heavy atom. The van der Waals surface area contributed by atoms with Crippen molar-refractivity contribution in [2.24, 2.45) is 11.8 Å². The van der Waals surface area contributed by atoms with Gasteiger partial charge in [0.05, 0.1) is 0 Å². The Balaban J connectivity index is 4.34. The Labute approximate surface area is 83.0 Å². The number of allylic oxidation sites excluding steroid dienone is 5. The first-order valence-corrected chi connectivity index (χ1v) is 5.02. The van der Waals surface area contributed by atoms with E-state index in [9.17, 15) is 0 Å². The Hall–Kier alpha value is -0.780. The zero-order chi connectivity index (χ0) is 10.4. The minimum absolute atomic E-state index is 0.543. The largest absolute Gasteiger partial charge is 0.0956 e. The van der Waals surface area contributed by atoms with Gasteiger partial charge in [-0.15, -0.1) is 0 Å². The zero-order valence-electron chi connectivity index (χ0n) is 9.59. The third-order valence-corrected chi connectivity index (χ3v) is 2.23. The molecule has 0 nitrogen and oxygen atoms in total. The standard InChI is InChI=1S/C13H22/c1-7-13(11(4)5)9-8-12(6)10(2)3/h7-11H,6H2,1-5H3/b9-8-,13-7+. The molecule has 0 N–H and O–H groups in total. The van der Waals surface area contributed by atoms with Gasteiger partial charge in [-0.3, -0.25) is 0 Å². The first-order valence-electron chi connectivity index (χ1n) is 5.02. The lowest BCUT2D eigenvalue weighted by Crippen LogP contribution is -1.92. The summed E-state index contributed by atoms with van der Waals surface area (Å²) in [4.78, 5) is 0. The monoisotopic (exact) mass is 178 g/mol. The highest BCUT2D eigenvalue weighted by molar-refractivity contribution is 5.27. The molecular formula is C13H22. The molecule has 0 bridgehead atoms. The second kappa shape index (κ2) is 5.80. The van der Waals surface area contributed by atoms with Gasteiger partial charge in [-0.25, -0.2) is 0 Å². The molecule has 0 unspecified atom stereocenters. The summed E-state index contributed by atoms with van der Waals surface area (Å²) in [7, 11) is 0. The highest BCUT2D eigenvalue weighted by Crippen LogP contribution is 2.14. The van der Waals surface area contributed by atoms with Crippen LogP contribution in [0.1, 0.15) is 34.6 Å². The van der Waals surface area contributed by atoms with Crippen molar-refractivity contribution in [3.05, 3.63) is 36.0 Å². The average Bonchev–Trinajstić information content (AvgIpc) is 2.04. The SMILES string of the molecule is C=C(/C=C\C(=C/C)C(C)C)C(C)C. The van der Waals surface area contributed by atoms with Crippen molar-refractivity contribution in [3.63, 3.8) is 0 Å². The highest BCUT2D eigenvalue weighted by Gasteiger charge is 1.98. The van der Waals surface area contributed by atoms with E-state index in [4.69, 9.17) is 0 Å². The fourth-order valence-electron chi connectivity index (χ4n) is 1.02. The molecule has 0 heteroatoms. The van der Waals surface area contributed by atoms with E-state index in [1.165, 1.54) is 11.1 Å². The van der Waals surface area contributed by atoms with Crippen molar-refractivity contribution in [2.75, 3.05) is 0 Å². The van der Waals surface area contributed by atoms with Crippen LogP contribution in [0.2, 0.25) is 0 Å². The quantitative estimate of drug-likeness (QED) is 0.561. The molecule has 0 aromatic rings. The molecule has 0 atom stereocenters. The van der Waals surface area contributed by atoms with E-state index in [1.54, 1.807) is 0 Å². The van der Waals surface area contributed by atoms with Crippen LogP contribution in [0.25, 0.3) is 0 Å². The summed E-state index contributed by atoms with van der Waals surface area (Å²) in [5.74, 6) is 1.14. The molecule has 0 spiro atoms. The van der Waals surface area contributed by atoms with Crippen LogP contribution >= 0.6 is 0 Å². The van der Waals surface area contributed by atoms with E-state index in [0.29, 0.717) is 11.8 Å². The molecule has 13 heavy (non-hydrogen) atoms. The topological polar surface area (TPSA) is 0 Å². The molecule has 0 heterocycles. The first kappa shape index (κ1) is 12.2. The number of hydrogen-bond donors (Lipinski definition) is 0. The lowest BCUT2D eigenvalue weighted by molar-refractivity contribution is 0.781. The molecule has 74 valence electrons. The molecule has 0 fully saturated rings. The summed E-state index contributed by atoms with van der Waals surface area (Å²) in [6, 6.07) is 0. The number of rotatable bonds is 4. The smallest absolute Gasteiger partial charge is 0.0222 e. The summed E-state index contributed by atoms with van der Waals surface area (Å²) in [6.45, 7) is 14.8. The Morgan fingerprint density at radius 2 is 1.54 bits per heavy atom. The van der Waals surface area contributed by atoms with E-state index in [-0.39, 0.29) is 0 Å². The van der Waals surface area contributed by atoms with Gasteiger partial charge in [-0.2, -0.15) is 0 Å². The van der Waals surface area contributed by atoms with E-state index >= 15 is 0 Å². The maximum Gasteiger partial charge on any atom is -0.0222 e. The van der Waals surface area contributed by atoms with Gasteiger partial charge in [0.15, 0.2) is 0 Å². The van der Waals surface area contributed by atoms with Crippen LogP contribution in [-0.2, 0) is 0 Å². The maximum atomic E-state index is 4.01. The predicted octanol–water partition coefficient (Wildman–Crippen LogP) is 4.36. The van der Waals surface area contributed by atoms with Gasteiger partial charge in [0, 0.05) is 0 Å². The van der Waals surface area contributed by atoms with Crippen molar-refractivity contribution < 1.29 is 0 Å². The summed E-state index contributed by atoms with van der Waals surface area (Å²) < 4.78 is 0. The zero-order valence-corrected chi connectivity index (χ0v) is 9.59. The fourth-order valence-corrected chi connectivity index (χ4v) is 1.02. The van der Waals surface area contributed by atoms with Crippen LogP contribution < -0.4 is 0 Å².